The van der Waals surface area contributed by atoms with Gasteiger partial charge in [0.2, 0.25) is 0 Å². The number of anilines is 1. The number of carbonyl (C=O) groups is 1. The van der Waals surface area contributed by atoms with Crippen LogP contribution < -0.4 is 5.73 Å². The van der Waals surface area contributed by atoms with Gasteiger partial charge in [0.1, 0.15) is 0 Å². The summed E-state index contributed by atoms with van der Waals surface area (Å²) in [5.41, 5.74) is 7.79. The molecule has 1 aromatic rings. The minimum Gasteiger partial charge on any atom is -0.398 e. The summed E-state index contributed by atoms with van der Waals surface area (Å²) in [5.74, 6) is 0.461. The third kappa shape index (κ3) is 2.22. The van der Waals surface area contributed by atoms with Gasteiger partial charge in [-0.15, -0.1) is 11.6 Å². The van der Waals surface area contributed by atoms with E-state index < -0.39 is 0 Å². The summed E-state index contributed by atoms with van der Waals surface area (Å²) >= 11 is 5.66. The lowest BCUT2D eigenvalue weighted by atomic mass is 10.1. The van der Waals surface area contributed by atoms with Crippen LogP contribution in [0.25, 0.3) is 0 Å². The Balaban J connectivity index is 3.06. The largest absolute Gasteiger partial charge is 0.398 e. The van der Waals surface area contributed by atoms with Gasteiger partial charge < -0.3 is 5.73 Å². The molecule has 0 aliphatic heterocycles. The van der Waals surface area contributed by atoms with Crippen LogP contribution in [0.2, 0.25) is 0 Å². The van der Waals surface area contributed by atoms with Crippen molar-refractivity contribution < 1.29 is 4.79 Å². The fourth-order valence-corrected chi connectivity index (χ4v) is 1.33. The third-order valence-electron chi connectivity index (χ3n) is 1.93. The zero-order chi connectivity index (χ0) is 9.84. The van der Waals surface area contributed by atoms with E-state index in [9.17, 15) is 4.79 Å². The summed E-state index contributed by atoms with van der Waals surface area (Å²) in [7, 11) is 0. The third-order valence-corrected chi connectivity index (χ3v) is 2.22. The predicted molar refractivity (Wildman–Crippen MR) is 55.0 cm³/mol. The van der Waals surface area contributed by atoms with Crippen LogP contribution in [0.5, 0.6) is 0 Å². The lowest BCUT2D eigenvalue weighted by molar-refractivity contribution is 0.0988. The second-order valence-corrected chi connectivity index (χ2v) is 3.09. The number of rotatable bonds is 3. The van der Waals surface area contributed by atoms with E-state index in [2.05, 4.69) is 0 Å². The van der Waals surface area contributed by atoms with E-state index in [-0.39, 0.29) is 5.78 Å². The second-order valence-electron chi connectivity index (χ2n) is 2.82. The Morgan fingerprint density at radius 3 is 2.77 bits per heavy atom. The van der Waals surface area contributed by atoms with Gasteiger partial charge in [0.05, 0.1) is 0 Å². The second kappa shape index (κ2) is 4.28. The number of ketones is 1. The van der Waals surface area contributed by atoms with Crippen LogP contribution in [0.15, 0.2) is 18.2 Å². The molecule has 0 bridgehead atoms. The standard InChI is InChI=1S/C10H12ClNO/c1-2-10(13)7-3-4-9(12)8(5-7)6-11/h3-5H,2,6,12H2,1H3. The number of nitrogens with two attached hydrogens (primary N) is 1. The van der Waals surface area contributed by atoms with Crippen molar-refractivity contribution in [2.24, 2.45) is 0 Å². The van der Waals surface area contributed by atoms with Crippen LogP contribution in [0.1, 0.15) is 29.3 Å². The lowest BCUT2D eigenvalue weighted by Crippen LogP contribution is -1.99. The van der Waals surface area contributed by atoms with Crippen molar-refractivity contribution in [3.63, 3.8) is 0 Å². The molecule has 0 amide bonds. The monoisotopic (exact) mass is 197 g/mol. The maximum atomic E-state index is 11.3. The van der Waals surface area contributed by atoms with Crippen LogP contribution in [0.3, 0.4) is 0 Å². The average Bonchev–Trinajstić information content (AvgIpc) is 2.17. The maximum Gasteiger partial charge on any atom is 0.162 e. The molecule has 2 N–H and O–H groups in total. The van der Waals surface area contributed by atoms with E-state index in [4.69, 9.17) is 17.3 Å². The van der Waals surface area contributed by atoms with Gasteiger partial charge in [-0.2, -0.15) is 0 Å². The summed E-state index contributed by atoms with van der Waals surface area (Å²) in [5, 5.41) is 0. The number of hydrogen-bond acceptors (Lipinski definition) is 2. The highest BCUT2D eigenvalue weighted by Gasteiger charge is 2.05. The summed E-state index contributed by atoms with van der Waals surface area (Å²) in [4.78, 5) is 11.3. The molecule has 1 aromatic carbocycles. The summed E-state index contributed by atoms with van der Waals surface area (Å²) in [6.45, 7) is 1.83. The molecule has 0 spiro atoms. The van der Waals surface area contributed by atoms with Crippen molar-refractivity contribution in [1.29, 1.82) is 0 Å². The van der Waals surface area contributed by atoms with E-state index in [0.717, 1.165) is 5.56 Å². The molecule has 0 aromatic heterocycles. The summed E-state index contributed by atoms with van der Waals surface area (Å²) < 4.78 is 0. The van der Waals surface area contributed by atoms with E-state index in [0.29, 0.717) is 23.6 Å². The summed E-state index contributed by atoms with van der Waals surface area (Å²) in [6.07, 6.45) is 0.506. The molecule has 0 saturated carbocycles. The molecule has 0 unspecified atom stereocenters. The van der Waals surface area contributed by atoms with Gasteiger partial charge in [0.25, 0.3) is 0 Å². The van der Waals surface area contributed by atoms with Crippen molar-refractivity contribution in [2.45, 2.75) is 19.2 Å². The number of nitrogen functional groups attached to an aromatic ring is 1. The van der Waals surface area contributed by atoms with E-state index in [1.807, 2.05) is 6.92 Å². The molecule has 0 saturated heterocycles. The minimum atomic E-state index is 0.117. The molecular formula is C10H12ClNO. The summed E-state index contributed by atoms with van der Waals surface area (Å²) in [6, 6.07) is 5.21. The Morgan fingerprint density at radius 2 is 2.23 bits per heavy atom. The first-order chi connectivity index (χ1) is 6.19. The topological polar surface area (TPSA) is 43.1 Å². The molecule has 0 aliphatic rings. The van der Waals surface area contributed by atoms with Gasteiger partial charge in [0, 0.05) is 23.6 Å². The highest BCUT2D eigenvalue weighted by molar-refractivity contribution is 6.17. The van der Waals surface area contributed by atoms with Gasteiger partial charge >= 0.3 is 0 Å². The molecule has 13 heavy (non-hydrogen) atoms. The number of halogens is 1. The minimum absolute atomic E-state index is 0.117. The number of benzene rings is 1. The number of carbonyl (C=O) groups excluding carboxylic acids is 1. The molecule has 1 rings (SSSR count). The van der Waals surface area contributed by atoms with Crippen molar-refractivity contribution in [1.82, 2.24) is 0 Å². The zero-order valence-electron chi connectivity index (χ0n) is 7.51. The predicted octanol–water partition coefficient (Wildman–Crippen LogP) is 2.60. The van der Waals surface area contributed by atoms with E-state index in [1.54, 1.807) is 18.2 Å². The van der Waals surface area contributed by atoms with Gasteiger partial charge in [0.15, 0.2) is 5.78 Å². The van der Waals surface area contributed by atoms with Crippen molar-refractivity contribution in [3.8, 4) is 0 Å². The average molecular weight is 198 g/mol. The van der Waals surface area contributed by atoms with Crippen molar-refractivity contribution in [3.05, 3.63) is 29.3 Å². The van der Waals surface area contributed by atoms with Crippen LogP contribution in [-0.4, -0.2) is 5.78 Å². The Morgan fingerprint density at radius 1 is 1.54 bits per heavy atom. The van der Waals surface area contributed by atoms with Crippen molar-refractivity contribution in [2.75, 3.05) is 5.73 Å². The van der Waals surface area contributed by atoms with Gasteiger partial charge in [-0.3, -0.25) is 4.79 Å². The zero-order valence-corrected chi connectivity index (χ0v) is 8.27. The quantitative estimate of drug-likeness (QED) is 0.460. The smallest absolute Gasteiger partial charge is 0.162 e. The van der Waals surface area contributed by atoms with Crippen LogP contribution >= 0.6 is 11.6 Å². The van der Waals surface area contributed by atoms with E-state index in [1.165, 1.54) is 0 Å². The fourth-order valence-electron chi connectivity index (χ4n) is 1.10. The first-order valence-corrected chi connectivity index (χ1v) is 4.70. The molecule has 0 radical (unpaired) electrons. The Kier molecular flexibility index (Phi) is 3.32. The normalized spacial score (nSPS) is 10.0. The van der Waals surface area contributed by atoms with E-state index >= 15 is 0 Å². The Labute approximate surface area is 82.7 Å². The van der Waals surface area contributed by atoms with Crippen LogP contribution in [0, 0.1) is 0 Å². The van der Waals surface area contributed by atoms with Crippen LogP contribution in [0.4, 0.5) is 5.69 Å². The molecule has 70 valence electrons. The first-order valence-electron chi connectivity index (χ1n) is 4.16. The van der Waals surface area contributed by atoms with Crippen molar-refractivity contribution >= 4 is 23.1 Å². The highest BCUT2D eigenvalue weighted by Crippen LogP contribution is 2.17. The number of hydrogen-bond donors (Lipinski definition) is 1. The maximum absolute atomic E-state index is 11.3. The molecule has 0 fully saturated rings. The van der Waals surface area contributed by atoms with Gasteiger partial charge in [-0.1, -0.05) is 6.92 Å². The molecule has 3 heteroatoms. The molecule has 0 heterocycles. The first kappa shape index (κ1) is 10.1. The number of alkyl halides is 1. The highest BCUT2D eigenvalue weighted by atomic mass is 35.5. The molecule has 0 aliphatic carbocycles. The molecular weight excluding hydrogens is 186 g/mol. The fraction of sp³-hybridized carbons (Fsp3) is 0.300. The Bertz CT molecular complexity index is 323. The lowest BCUT2D eigenvalue weighted by Gasteiger charge is -2.04. The SMILES string of the molecule is CCC(=O)c1ccc(N)c(CCl)c1. The molecule has 2 nitrogen and oxygen atoms in total. The number of Topliss-reactive ketones (excluding diaryl/α,β-unsaturated/α-hetero) is 1. The Hall–Kier alpha value is -1.02. The van der Waals surface area contributed by atoms with Gasteiger partial charge in [-0.25, -0.2) is 0 Å². The van der Waals surface area contributed by atoms with Crippen LogP contribution in [-0.2, 0) is 5.88 Å². The van der Waals surface area contributed by atoms with Gasteiger partial charge in [-0.05, 0) is 23.8 Å². The molecule has 0 atom stereocenters.